The second-order valence-corrected chi connectivity index (χ2v) is 4.53. The van der Waals surface area contributed by atoms with Crippen molar-refractivity contribution in [2.75, 3.05) is 20.3 Å². The molecule has 0 aromatic rings. The normalized spacial score (nSPS) is 19.9. The lowest BCUT2D eigenvalue weighted by Crippen LogP contribution is -2.50. The van der Waals surface area contributed by atoms with Gasteiger partial charge in [0.15, 0.2) is 0 Å². The molecule has 94 valence electrons. The zero-order valence-electron chi connectivity index (χ0n) is 10.5. The Morgan fingerprint density at radius 1 is 1.50 bits per heavy atom. The monoisotopic (exact) mass is 229 g/mol. The first-order valence-electron chi connectivity index (χ1n) is 6.06. The molecule has 0 spiro atoms. The van der Waals surface area contributed by atoms with Crippen molar-refractivity contribution >= 4 is 5.97 Å². The topological polar surface area (TPSA) is 47.6 Å². The van der Waals surface area contributed by atoms with E-state index in [4.69, 9.17) is 9.47 Å². The smallest absolute Gasteiger partial charge is 0.307 e. The second-order valence-electron chi connectivity index (χ2n) is 4.53. The maximum Gasteiger partial charge on any atom is 0.307 e. The molecular formula is C12H23NO3. The van der Waals surface area contributed by atoms with Crippen LogP contribution in [0.2, 0.25) is 0 Å². The Kier molecular flexibility index (Phi) is 5.22. The summed E-state index contributed by atoms with van der Waals surface area (Å²) in [6, 6.07) is 0.145. The fourth-order valence-corrected chi connectivity index (χ4v) is 1.93. The Morgan fingerprint density at radius 3 is 2.62 bits per heavy atom. The molecule has 1 fully saturated rings. The highest BCUT2D eigenvalue weighted by Gasteiger charge is 2.36. The van der Waals surface area contributed by atoms with Crippen LogP contribution < -0.4 is 5.32 Å². The van der Waals surface area contributed by atoms with E-state index in [0.717, 1.165) is 19.4 Å². The van der Waals surface area contributed by atoms with Gasteiger partial charge in [0.2, 0.25) is 0 Å². The van der Waals surface area contributed by atoms with Gasteiger partial charge in [-0.25, -0.2) is 0 Å². The van der Waals surface area contributed by atoms with Crippen LogP contribution in [0.5, 0.6) is 0 Å². The Morgan fingerprint density at radius 2 is 2.19 bits per heavy atom. The van der Waals surface area contributed by atoms with Crippen molar-refractivity contribution in [3.63, 3.8) is 0 Å². The standard InChI is InChI=1S/C12H23NO3/c1-4-16-11(14)8-10(2)13-9-12(15-3)6-5-7-12/h10,13H,4-9H2,1-3H3. The minimum Gasteiger partial charge on any atom is -0.466 e. The number of carbonyl (C=O) groups is 1. The van der Waals surface area contributed by atoms with Crippen molar-refractivity contribution in [2.24, 2.45) is 0 Å². The Bertz CT molecular complexity index is 221. The van der Waals surface area contributed by atoms with Crippen LogP contribution in [-0.4, -0.2) is 37.9 Å². The van der Waals surface area contributed by atoms with E-state index in [0.29, 0.717) is 13.0 Å². The zero-order chi connectivity index (χ0) is 12.0. The van der Waals surface area contributed by atoms with Crippen molar-refractivity contribution < 1.29 is 14.3 Å². The Balaban J connectivity index is 2.19. The average molecular weight is 229 g/mol. The fourth-order valence-electron chi connectivity index (χ4n) is 1.93. The van der Waals surface area contributed by atoms with Gasteiger partial charge >= 0.3 is 5.97 Å². The third-order valence-electron chi connectivity index (χ3n) is 3.25. The first kappa shape index (κ1) is 13.5. The summed E-state index contributed by atoms with van der Waals surface area (Å²) in [7, 11) is 1.76. The van der Waals surface area contributed by atoms with Crippen LogP contribution in [0.25, 0.3) is 0 Å². The van der Waals surface area contributed by atoms with Crippen LogP contribution in [0.3, 0.4) is 0 Å². The van der Waals surface area contributed by atoms with Crippen LogP contribution in [-0.2, 0) is 14.3 Å². The summed E-state index contributed by atoms with van der Waals surface area (Å²) < 4.78 is 10.4. The molecule has 4 nitrogen and oxygen atoms in total. The summed E-state index contributed by atoms with van der Waals surface area (Å²) in [6.07, 6.45) is 3.89. The van der Waals surface area contributed by atoms with Gasteiger partial charge in [0.25, 0.3) is 0 Å². The molecule has 0 aliphatic heterocycles. The number of esters is 1. The molecule has 16 heavy (non-hydrogen) atoms. The lowest BCUT2D eigenvalue weighted by molar-refractivity contribution is -0.143. The third kappa shape index (κ3) is 3.76. The fraction of sp³-hybridized carbons (Fsp3) is 0.917. The molecule has 0 bridgehead atoms. The maximum atomic E-state index is 11.2. The molecule has 0 aromatic heterocycles. The van der Waals surface area contributed by atoms with Gasteiger partial charge in [-0.1, -0.05) is 0 Å². The molecule has 1 aliphatic rings. The lowest BCUT2D eigenvalue weighted by Gasteiger charge is -2.41. The summed E-state index contributed by atoms with van der Waals surface area (Å²) in [5, 5.41) is 3.34. The SMILES string of the molecule is CCOC(=O)CC(C)NCC1(OC)CCC1. The molecule has 0 heterocycles. The van der Waals surface area contributed by atoms with Crippen molar-refractivity contribution in [3.8, 4) is 0 Å². The van der Waals surface area contributed by atoms with Crippen molar-refractivity contribution in [2.45, 2.75) is 51.2 Å². The van der Waals surface area contributed by atoms with Gasteiger partial charge in [-0.2, -0.15) is 0 Å². The number of nitrogens with one attached hydrogen (secondary N) is 1. The summed E-state index contributed by atoms with van der Waals surface area (Å²) in [6.45, 7) is 5.10. The molecule has 1 saturated carbocycles. The molecule has 4 heteroatoms. The molecule has 0 radical (unpaired) electrons. The Labute approximate surface area is 97.7 Å². The predicted octanol–water partition coefficient (Wildman–Crippen LogP) is 1.49. The molecule has 1 aliphatic carbocycles. The minimum absolute atomic E-state index is 0.0168. The van der Waals surface area contributed by atoms with Crippen LogP contribution in [0.4, 0.5) is 0 Å². The highest BCUT2D eigenvalue weighted by atomic mass is 16.5. The van der Waals surface area contributed by atoms with Crippen molar-refractivity contribution in [1.82, 2.24) is 5.32 Å². The number of methoxy groups -OCH3 is 1. The van der Waals surface area contributed by atoms with Gasteiger partial charge in [-0.3, -0.25) is 4.79 Å². The second kappa shape index (κ2) is 6.21. The number of ether oxygens (including phenoxy) is 2. The number of hydrogen-bond acceptors (Lipinski definition) is 4. The molecule has 1 N–H and O–H groups in total. The molecule has 0 amide bonds. The van der Waals surface area contributed by atoms with Crippen LogP contribution in [0.1, 0.15) is 39.5 Å². The van der Waals surface area contributed by atoms with E-state index in [1.807, 2.05) is 13.8 Å². The Hall–Kier alpha value is -0.610. The van der Waals surface area contributed by atoms with Crippen LogP contribution in [0.15, 0.2) is 0 Å². The molecular weight excluding hydrogens is 206 g/mol. The predicted molar refractivity (Wildman–Crippen MR) is 62.3 cm³/mol. The quantitative estimate of drug-likeness (QED) is 0.672. The first-order valence-corrected chi connectivity index (χ1v) is 6.06. The van der Waals surface area contributed by atoms with Gasteiger partial charge in [0.05, 0.1) is 18.6 Å². The van der Waals surface area contributed by atoms with E-state index in [2.05, 4.69) is 5.32 Å². The molecule has 1 unspecified atom stereocenters. The summed E-state index contributed by atoms with van der Waals surface area (Å²) in [5.41, 5.74) is 0.0168. The number of hydrogen-bond donors (Lipinski definition) is 1. The third-order valence-corrected chi connectivity index (χ3v) is 3.25. The summed E-state index contributed by atoms with van der Waals surface area (Å²) in [5.74, 6) is -0.137. The van der Waals surface area contributed by atoms with E-state index in [9.17, 15) is 4.79 Å². The molecule has 1 atom stereocenters. The van der Waals surface area contributed by atoms with Crippen molar-refractivity contribution in [3.05, 3.63) is 0 Å². The zero-order valence-corrected chi connectivity index (χ0v) is 10.5. The van der Waals surface area contributed by atoms with E-state index in [1.165, 1.54) is 6.42 Å². The summed E-state index contributed by atoms with van der Waals surface area (Å²) >= 11 is 0. The number of carbonyl (C=O) groups excluding carboxylic acids is 1. The van der Waals surface area contributed by atoms with Gasteiger partial charge in [0.1, 0.15) is 0 Å². The van der Waals surface area contributed by atoms with E-state index >= 15 is 0 Å². The molecule has 0 aromatic carbocycles. The van der Waals surface area contributed by atoms with Crippen LogP contribution >= 0.6 is 0 Å². The van der Waals surface area contributed by atoms with Crippen LogP contribution in [0, 0.1) is 0 Å². The molecule has 0 saturated heterocycles. The van der Waals surface area contributed by atoms with Gasteiger partial charge in [0, 0.05) is 19.7 Å². The van der Waals surface area contributed by atoms with E-state index < -0.39 is 0 Å². The number of rotatable bonds is 7. The average Bonchev–Trinajstić information content (AvgIpc) is 2.17. The van der Waals surface area contributed by atoms with Gasteiger partial charge in [-0.05, 0) is 33.1 Å². The van der Waals surface area contributed by atoms with Crippen molar-refractivity contribution in [1.29, 1.82) is 0 Å². The van der Waals surface area contributed by atoms with E-state index in [1.54, 1.807) is 7.11 Å². The van der Waals surface area contributed by atoms with E-state index in [-0.39, 0.29) is 17.6 Å². The maximum absolute atomic E-state index is 11.2. The minimum atomic E-state index is -0.137. The van der Waals surface area contributed by atoms with Gasteiger partial charge < -0.3 is 14.8 Å². The highest BCUT2D eigenvalue weighted by molar-refractivity contribution is 5.69. The summed E-state index contributed by atoms with van der Waals surface area (Å²) in [4.78, 5) is 11.2. The first-order chi connectivity index (χ1) is 7.62. The lowest BCUT2D eigenvalue weighted by atomic mass is 9.80. The highest BCUT2D eigenvalue weighted by Crippen LogP contribution is 2.34. The van der Waals surface area contributed by atoms with Gasteiger partial charge in [-0.15, -0.1) is 0 Å². The largest absolute Gasteiger partial charge is 0.466 e. The molecule has 1 rings (SSSR count).